The summed E-state index contributed by atoms with van der Waals surface area (Å²) in [6.07, 6.45) is 0. The van der Waals surface area contributed by atoms with E-state index in [1.54, 1.807) is 0 Å². The van der Waals surface area contributed by atoms with Crippen LogP contribution in [0.25, 0.3) is 0 Å². The maximum Gasteiger partial charge on any atom is 0.165 e. The van der Waals surface area contributed by atoms with Gasteiger partial charge in [-0.2, -0.15) is 0 Å². The number of rotatable bonds is 5. The highest BCUT2D eigenvalue weighted by Crippen LogP contribution is 2.29. The Morgan fingerprint density at radius 3 is 2.08 bits per heavy atom. The minimum Gasteiger partial charge on any atom is -0.374 e. The van der Waals surface area contributed by atoms with Gasteiger partial charge in [-0.25, -0.2) is 0 Å². The molecule has 0 rings (SSSR count). The van der Waals surface area contributed by atoms with E-state index >= 15 is 0 Å². The van der Waals surface area contributed by atoms with Gasteiger partial charge in [0.1, 0.15) is 6.61 Å². The Morgan fingerprint density at radius 1 is 1.31 bits per heavy atom. The molecule has 0 spiro atoms. The van der Waals surface area contributed by atoms with E-state index in [0.717, 1.165) is 0 Å². The van der Waals surface area contributed by atoms with Crippen molar-refractivity contribution in [3.8, 4) is 0 Å². The van der Waals surface area contributed by atoms with Crippen LogP contribution in [0.5, 0.6) is 0 Å². The van der Waals surface area contributed by atoms with Crippen molar-refractivity contribution >= 4 is 5.78 Å². The van der Waals surface area contributed by atoms with Crippen molar-refractivity contribution in [2.75, 3.05) is 13.2 Å². The Balaban J connectivity index is 4.37. The number of hydrogen-bond acceptors (Lipinski definition) is 3. The summed E-state index contributed by atoms with van der Waals surface area (Å²) in [6, 6.07) is 0. The van der Waals surface area contributed by atoms with Crippen LogP contribution in [0, 0.1) is 5.41 Å². The first-order chi connectivity index (χ1) is 5.73. The van der Waals surface area contributed by atoms with Crippen molar-refractivity contribution in [1.29, 1.82) is 0 Å². The Labute approximate surface area is 80.6 Å². The third kappa shape index (κ3) is 3.08. The van der Waals surface area contributed by atoms with Gasteiger partial charge in [-0.05, 0) is 20.8 Å². The molecule has 0 aliphatic heterocycles. The highest BCUT2D eigenvalue weighted by atomic mass is 16.5. The minimum atomic E-state index is -0.540. The minimum absolute atomic E-state index is 0.0573. The summed E-state index contributed by atoms with van der Waals surface area (Å²) in [7, 11) is 0. The van der Waals surface area contributed by atoms with E-state index in [1.807, 2.05) is 34.6 Å². The van der Waals surface area contributed by atoms with Crippen LogP contribution in [-0.4, -0.2) is 24.5 Å². The summed E-state index contributed by atoms with van der Waals surface area (Å²) in [5.41, 5.74) is 4.86. The van der Waals surface area contributed by atoms with Crippen LogP contribution in [0.4, 0.5) is 0 Å². The van der Waals surface area contributed by atoms with Crippen molar-refractivity contribution in [3.63, 3.8) is 0 Å². The molecule has 0 aliphatic carbocycles. The molecule has 0 bridgehead atoms. The first-order valence-corrected chi connectivity index (χ1v) is 4.63. The number of nitrogens with two attached hydrogens (primary N) is 1. The molecule has 0 fully saturated rings. The molecule has 2 N–H and O–H groups in total. The largest absolute Gasteiger partial charge is 0.374 e. The van der Waals surface area contributed by atoms with Gasteiger partial charge < -0.3 is 10.5 Å². The standard InChI is InChI=1S/C10H21NO2/c1-6-13-7-8(12)9(2,3)10(4,5)11/h6-7,11H2,1-5H3. The SMILES string of the molecule is CCOCC(=O)C(C)(C)C(C)(C)N. The van der Waals surface area contributed by atoms with Gasteiger partial charge in [0.15, 0.2) is 5.78 Å². The van der Waals surface area contributed by atoms with Crippen molar-refractivity contribution in [3.05, 3.63) is 0 Å². The van der Waals surface area contributed by atoms with E-state index in [1.165, 1.54) is 0 Å². The van der Waals surface area contributed by atoms with Gasteiger partial charge in [-0.1, -0.05) is 13.8 Å². The number of ketones is 1. The van der Waals surface area contributed by atoms with Crippen LogP contribution in [0.2, 0.25) is 0 Å². The molecule has 78 valence electrons. The third-order valence-corrected chi connectivity index (χ3v) is 2.75. The van der Waals surface area contributed by atoms with Crippen molar-refractivity contribution in [1.82, 2.24) is 0 Å². The molecular formula is C10H21NO2. The smallest absolute Gasteiger partial charge is 0.165 e. The number of Topliss-reactive ketones (excluding diaryl/α,β-unsaturated/α-hetero) is 1. The normalized spacial score (nSPS) is 13.1. The maximum absolute atomic E-state index is 11.7. The second-order valence-electron chi connectivity index (χ2n) is 4.41. The zero-order chi connectivity index (χ0) is 10.7. The van der Waals surface area contributed by atoms with Gasteiger partial charge in [-0.3, -0.25) is 4.79 Å². The summed E-state index contributed by atoms with van der Waals surface area (Å²) in [6.45, 7) is 10.0. The monoisotopic (exact) mass is 187 g/mol. The third-order valence-electron chi connectivity index (χ3n) is 2.75. The topological polar surface area (TPSA) is 52.3 Å². The molecule has 0 aromatic heterocycles. The van der Waals surface area contributed by atoms with E-state index in [2.05, 4.69) is 0 Å². The summed E-state index contributed by atoms with van der Waals surface area (Å²) in [5.74, 6) is 0.0573. The zero-order valence-electron chi connectivity index (χ0n) is 9.31. The van der Waals surface area contributed by atoms with Crippen LogP contribution < -0.4 is 5.73 Å². The van der Waals surface area contributed by atoms with Gasteiger partial charge in [0.05, 0.1) is 0 Å². The van der Waals surface area contributed by atoms with E-state index < -0.39 is 11.0 Å². The molecule has 0 saturated heterocycles. The highest BCUT2D eigenvalue weighted by molar-refractivity contribution is 5.86. The van der Waals surface area contributed by atoms with Gasteiger partial charge in [0.2, 0.25) is 0 Å². The molecule has 0 amide bonds. The van der Waals surface area contributed by atoms with Crippen LogP contribution in [-0.2, 0) is 9.53 Å². The number of carbonyl (C=O) groups excluding carboxylic acids is 1. The predicted octanol–water partition coefficient (Wildman–Crippen LogP) is 1.36. The lowest BCUT2D eigenvalue weighted by Crippen LogP contribution is -2.52. The van der Waals surface area contributed by atoms with Crippen LogP contribution >= 0.6 is 0 Å². The molecule has 0 atom stereocenters. The quantitative estimate of drug-likeness (QED) is 0.707. The second-order valence-corrected chi connectivity index (χ2v) is 4.41. The summed E-state index contributed by atoms with van der Waals surface area (Å²) in [4.78, 5) is 11.7. The molecular weight excluding hydrogens is 166 g/mol. The first kappa shape index (κ1) is 12.6. The van der Waals surface area contributed by atoms with Gasteiger partial charge >= 0.3 is 0 Å². The molecule has 13 heavy (non-hydrogen) atoms. The van der Waals surface area contributed by atoms with Crippen LogP contribution in [0.1, 0.15) is 34.6 Å². The average molecular weight is 187 g/mol. The van der Waals surface area contributed by atoms with Gasteiger partial charge in [0.25, 0.3) is 0 Å². The van der Waals surface area contributed by atoms with Crippen LogP contribution in [0.3, 0.4) is 0 Å². The molecule has 0 heterocycles. The molecule has 0 saturated carbocycles. The summed E-state index contributed by atoms with van der Waals surface area (Å²) in [5, 5.41) is 0. The second kappa shape index (κ2) is 4.20. The summed E-state index contributed by atoms with van der Waals surface area (Å²) < 4.78 is 5.07. The summed E-state index contributed by atoms with van der Waals surface area (Å²) >= 11 is 0. The number of carbonyl (C=O) groups is 1. The van der Waals surface area contributed by atoms with E-state index in [9.17, 15) is 4.79 Å². The lowest BCUT2D eigenvalue weighted by Gasteiger charge is -2.36. The van der Waals surface area contributed by atoms with E-state index in [-0.39, 0.29) is 12.4 Å². The maximum atomic E-state index is 11.7. The molecule has 0 radical (unpaired) electrons. The average Bonchev–Trinajstić information content (AvgIpc) is 1.97. The Bertz CT molecular complexity index is 180. The fourth-order valence-electron chi connectivity index (χ4n) is 0.735. The molecule has 0 aromatic carbocycles. The van der Waals surface area contributed by atoms with E-state index in [0.29, 0.717) is 6.61 Å². The predicted molar refractivity (Wildman–Crippen MR) is 53.5 cm³/mol. The molecule has 3 nitrogen and oxygen atoms in total. The fourth-order valence-corrected chi connectivity index (χ4v) is 0.735. The lowest BCUT2D eigenvalue weighted by atomic mass is 9.72. The molecule has 0 unspecified atom stereocenters. The van der Waals surface area contributed by atoms with Gasteiger partial charge in [0, 0.05) is 17.6 Å². The van der Waals surface area contributed by atoms with Crippen molar-refractivity contribution in [2.45, 2.75) is 40.2 Å². The van der Waals surface area contributed by atoms with Crippen molar-refractivity contribution in [2.24, 2.45) is 11.1 Å². The molecule has 0 aromatic rings. The Morgan fingerprint density at radius 2 is 1.77 bits per heavy atom. The number of hydrogen-bond donors (Lipinski definition) is 1. The van der Waals surface area contributed by atoms with Gasteiger partial charge in [-0.15, -0.1) is 0 Å². The Hall–Kier alpha value is -0.410. The zero-order valence-corrected chi connectivity index (χ0v) is 9.31. The fraction of sp³-hybridized carbons (Fsp3) is 0.900. The Kier molecular flexibility index (Phi) is 4.07. The number of ether oxygens (including phenoxy) is 1. The molecule has 0 aliphatic rings. The van der Waals surface area contributed by atoms with Crippen molar-refractivity contribution < 1.29 is 9.53 Å². The molecule has 3 heteroatoms. The lowest BCUT2D eigenvalue weighted by molar-refractivity contribution is -0.134. The first-order valence-electron chi connectivity index (χ1n) is 4.63. The highest BCUT2D eigenvalue weighted by Gasteiger charge is 2.39. The van der Waals surface area contributed by atoms with E-state index in [4.69, 9.17) is 10.5 Å². The van der Waals surface area contributed by atoms with Crippen LogP contribution in [0.15, 0.2) is 0 Å².